The van der Waals surface area contributed by atoms with Gasteiger partial charge >= 0.3 is 0 Å². The number of hydrogen-bond donors (Lipinski definition) is 1. The molecule has 0 amide bonds. The van der Waals surface area contributed by atoms with Gasteiger partial charge in [0.25, 0.3) is 0 Å². The van der Waals surface area contributed by atoms with Crippen LogP contribution in [-0.2, 0) is 6.54 Å². The van der Waals surface area contributed by atoms with Crippen LogP contribution in [0.25, 0.3) is 0 Å². The first-order valence-corrected chi connectivity index (χ1v) is 5.57. The first-order chi connectivity index (χ1) is 7.31. The van der Waals surface area contributed by atoms with Crippen LogP contribution in [0.2, 0.25) is 0 Å². The zero-order valence-corrected chi connectivity index (χ0v) is 9.61. The van der Waals surface area contributed by atoms with Gasteiger partial charge in [0, 0.05) is 19.6 Å². The molecule has 0 aliphatic carbocycles. The van der Waals surface area contributed by atoms with E-state index in [1.807, 2.05) is 0 Å². The van der Waals surface area contributed by atoms with Crippen LogP contribution in [0.4, 0.5) is 5.82 Å². The van der Waals surface area contributed by atoms with Crippen LogP contribution in [-0.4, -0.2) is 23.1 Å². The summed E-state index contributed by atoms with van der Waals surface area (Å²) in [5.41, 5.74) is 6.31. The Morgan fingerprint density at radius 2 is 2.07 bits per heavy atom. The first kappa shape index (κ1) is 11.9. The van der Waals surface area contributed by atoms with Crippen molar-refractivity contribution in [3.8, 4) is 0 Å². The van der Waals surface area contributed by atoms with Crippen LogP contribution in [0, 0.1) is 0 Å². The summed E-state index contributed by atoms with van der Waals surface area (Å²) in [4.78, 5) is 10.8. The highest BCUT2D eigenvalue weighted by Gasteiger charge is 2.04. The molecule has 0 bridgehead atoms. The fraction of sp³-hybridized carbons (Fsp3) is 0.636. The summed E-state index contributed by atoms with van der Waals surface area (Å²) < 4.78 is 0. The average molecular weight is 208 g/mol. The summed E-state index contributed by atoms with van der Waals surface area (Å²) in [6.07, 6.45) is 5.95. The van der Waals surface area contributed by atoms with E-state index in [1.165, 1.54) is 12.8 Å². The number of hydrogen-bond acceptors (Lipinski definition) is 4. The molecular weight excluding hydrogens is 188 g/mol. The molecule has 1 heterocycles. The van der Waals surface area contributed by atoms with Crippen molar-refractivity contribution in [2.24, 2.45) is 5.73 Å². The van der Waals surface area contributed by atoms with Gasteiger partial charge in [0.05, 0.1) is 18.1 Å². The number of anilines is 1. The highest BCUT2D eigenvalue weighted by molar-refractivity contribution is 5.35. The molecule has 84 valence electrons. The van der Waals surface area contributed by atoms with E-state index in [9.17, 15) is 0 Å². The fourth-order valence-electron chi connectivity index (χ4n) is 1.40. The Morgan fingerprint density at radius 3 is 2.53 bits per heavy atom. The molecule has 0 atom stereocenters. The van der Waals surface area contributed by atoms with Gasteiger partial charge in [0.15, 0.2) is 0 Å². The second-order valence-electron chi connectivity index (χ2n) is 3.50. The number of aromatic nitrogens is 2. The van der Waals surface area contributed by atoms with Crippen molar-refractivity contribution in [3.05, 3.63) is 18.1 Å². The Labute approximate surface area is 91.5 Å². The van der Waals surface area contributed by atoms with Crippen molar-refractivity contribution < 1.29 is 0 Å². The summed E-state index contributed by atoms with van der Waals surface area (Å²) in [7, 11) is 0. The van der Waals surface area contributed by atoms with E-state index in [-0.39, 0.29) is 0 Å². The molecule has 2 N–H and O–H groups in total. The highest BCUT2D eigenvalue weighted by Crippen LogP contribution is 2.09. The summed E-state index contributed by atoms with van der Waals surface area (Å²) in [5, 5.41) is 0. The van der Waals surface area contributed by atoms with Crippen LogP contribution >= 0.6 is 0 Å². The minimum atomic E-state index is 0.453. The topological polar surface area (TPSA) is 55.0 Å². The first-order valence-electron chi connectivity index (χ1n) is 5.57. The van der Waals surface area contributed by atoms with Crippen molar-refractivity contribution in [3.63, 3.8) is 0 Å². The van der Waals surface area contributed by atoms with Crippen molar-refractivity contribution in [1.82, 2.24) is 9.97 Å². The Hall–Kier alpha value is -1.16. The van der Waals surface area contributed by atoms with Crippen molar-refractivity contribution in [2.45, 2.75) is 33.2 Å². The SMILES string of the molecule is CCCCN(CC)c1cnc(CN)cn1. The third-order valence-electron chi connectivity index (χ3n) is 2.39. The zero-order chi connectivity index (χ0) is 11.1. The molecule has 1 aromatic heterocycles. The van der Waals surface area contributed by atoms with Gasteiger partial charge in [0.2, 0.25) is 0 Å². The Kier molecular flexibility index (Phi) is 5.04. The predicted molar refractivity (Wildman–Crippen MR) is 62.7 cm³/mol. The molecule has 0 aliphatic rings. The van der Waals surface area contributed by atoms with E-state index in [0.717, 1.165) is 24.6 Å². The molecule has 1 aromatic rings. The molecule has 0 aliphatic heterocycles. The smallest absolute Gasteiger partial charge is 0.147 e. The van der Waals surface area contributed by atoms with E-state index in [1.54, 1.807) is 12.4 Å². The third kappa shape index (κ3) is 3.47. The maximum Gasteiger partial charge on any atom is 0.147 e. The molecule has 4 heteroatoms. The lowest BCUT2D eigenvalue weighted by Gasteiger charge is -2.21. The molecule has 4 nitrogen and oxygen atoms in total. The molecule has 15 heavy (non-hydrogen) atoms. The molecule has 0 saturated heterocycles. The highest BCUT2D eigenvalue weighted by atomic mass is 15.2. The largest absolute Gasteiger partial charge is 0.356 e. The Bertz CT molecular complexity index is 270. The number of nitrogens with zero attached hydrogens (tertiary/aromatic N) is 3. The summed E-state index contributed by atoms with van der Waals surface area (Å²) in [6.45, 7) is 6.79. The lowest BCUT2D eigenvalue weighted by Crippen LogP contribution is -2.25. The normalized spacial score (nSPS) is 10.3. The minimum Gasteiger partial charge on any atom is -0.356 e. The zero-order valence-electron chi connectivity index (χ0n) is 9.61. The van der Waals surface area contributed by atoms with Crippen molar-refractivity contribution in [2.75, 3.05) is 18.0 Å². The molecule has 0 saturated carbocycles. The fourth-order valence-corrected chi connectivity index (χ4v) is 1.40. The van der Waals surface area contributed by atoms with Crippen LogP contribution in [0.1, 0.15) is 32.4 Å². The molecule has 0 fully saturated rings. The monoisotopic (exact) mass is 208 g/mol. The number of unbranched alkanes of at least 4 members (excludes halogenated alkanes) is 1. The molecule has 0 radical (unpaired) electrons. The molecule has 0 unspecified atom stereocenters. The van der Waals surface area contributed by atoms with E-state index in [0.29, 0.717) is 6.54 Å². The van der Waals surface area contributed by atoms with E-state index in [4.69, 9.17) is 5.73 Å². The van der Waals surface area contributed by atoms with Gasteiger partial charge in [-0.3, -0.25) is 4.98 Å². The van der Waals surface area contributed by atoms with Crippen LogP contribution < -0.4 is 10.6 Å². The van der Waals surface area contributed by atoms with Gasteiger partial charge in [-0.1, -0.05) is 13.3 Å². The second kappa shape index (κ2) is 6.35. The standard InChI is InChI=1S/C11H20N4/c1-3-5-6-15(4-2)11-9-13-10(7-12)8-14-11/h8-9H,3-7,12H2,1-2H3. The molecular formula is C11H20N4. The Morgan fingerprint density at radius 1 is 1.27 bits per heavy atom. The Balaban J connectivity index is 2.65. The van der Waals surface area contributed by atoms with E-state index < -0.39 is 0 Å². The van der Waals surface area contributed by atoms with Gasteiger partial charge in [-0.05, 0) is 13.3 Å². The summed E-state index contributed by atoms with van der Waals surface area (Å²) in [5.74, 6) is 0.947. The summed E-state index contributed by atoms with van der Waals surface area (Å²) in [6, 6.07) is 0. The maximum atomic E-state index is 5.47. The lowest BCUT2D eigenvalue weighted by atomic mass is 10.3. The quantitative estimate of drug-likeness (QED) is 0.771. The number of rotatable bonds is 6. The summed E-state index contributed by atoms with van der Waals surface area (Å²) >= 11 is 0. The minimum absolute atomic E-state index is 0.453. The van der Waals surface area contributed by atoms with Crippen LogP contribution in [0.3, 0.4) is 0 Å². The average Bonchev–Trinajstić information content (AvgIpc) is 2.31. The molecule has 0 aromatic carbocycles. The predicted octanol–water partition coefficient (Wildman–Crippen LogP) is 1.56. The van der Waals surface area contributed by atoms with Gasteiger partial charge in [-0.15, -0.1) is 0 Å². The third-order valence-corrected chi connectivity index (χ3v) is 2.39. The van der Waals surface area contributed by atoms with Crippen molar-refractivity contribution >= 4 is 5.82 Å². The van der Waals surface area contributed by atoms with Gasteiger partial charge in [-0.25, -0.2) is 4.98 Å². The molecule has 1 rings (SSSR count). The number of nitrogens with two attached hydrogens (primary N) is 1. The second-order valence-corrected chi connectivity index (χ2v) is 3.50. The lowest BCUT2D eigenvalue weighted by molar-refractivity contribution is 0.721. The van der Waals surface area contributed by atoms with Gasteiger partial charge in [0.1, 0.15) is 5.82 Å². The van der Waals surface area contributed by atoms with Crippen LogP contribution in [0.15, 0.2) is 12.4 Å². The van der Waals surface area contributed by atoms with Gasteiger partial charge < -0.3 is 10.6 Å². The maximum absolute atomic E-state index is 5.47. The van der Waals surface area contributed by atoms with Gasteiger partial charge in [-0.2, -0.15) is 0 Å². The van der Waals surface area contributed by atoms with Crippen molar-refractivity contribution in [1.29, 1.82) is 0 Å². The molecule has 0 spiro atoms. The van der Waals surface area contributed by atoms with E-state index in [2.05, 4.69) is 28.7 Å². The van der Waals surface area contributed by atoms with Crippen LogP contribution in [0.5, 0.6) is 0 Å². The van der Waals surface area contributed by atoms with E-state index >= 15 is 0 Å².